The highest BCUT2D eigenvalue weighted by atomic mass is 35.5. The van der Waals surface area contributed by atoms with Crippen LogP contribution in [-0.4, -0.2) is 22.5 Å². The Morgan fingerprint density at radius 3 is 2.13 bits per heavy atom. The fourth-order valence-electron chi connectivity index (χ4n) is 2.88. The van der Waals surface area contributed by atoms with Gasteiger partial charge in [-0.2, -0.15) is 0 Å². The van der Waals surface area contributed by atoms with E-state index in [0.717, 1.165) is 0 Å². The maximum Gasteiger partial charge on any atom is 0.114 e. The van der Waals surface area contributed by atoms with Gasteiger partial charge in [-0.1, -0.05) is 30.1 Å². The van der Waals surface area contributed by atoms with E-state index < -0.39 is 15.3 Å². The number of fused-ring (bicyclic) bond motifs is 2. The van der Waals surface area contributed by atoms with Crippen molar-refractivity contribution in [3.8, 4) is 0 Å². The lowest BCUT2D eigenvalue weighted by Crippen LogP contribution is -2.52. The summed E-state index contributed by atoms with van der Waals surface area (Å²) >= 11 is 25.5. The molecule has 4 atom stereocenters. The van der Waals surface area contributed by atoms with Crippen molar-refractivity contribution in [3.05, 3.63) is 10.1 Å². The number of hydrogen-bond acceptors (Lipinski definition) is 1. The van der Waals surface area contributed by atoms with Crippen LogP contribution in [0.1, 0.15) is 20.3 Å². The molecular formula is C10H12Cl4O. The van der Waals surface area contributed by atoms with Crippen molar-refractivity contribution >= 4 is 46.4 Å². The van der Waals surface area contributed by atoms with Gasteiger partial charge in [0.05, 0.1) is 10.1 Å². The molecule has 0 amide bonds. The Kier molecular flexibility index (Phi) is 2.63. The molecule has 4 unspecified atom stereocenters. The number of hydrogen-bond donors (Lipinski definition) is 0. The minimum absolute atomic E-state index is 0.136. The number of ether oxygens (including phenoxy) is 1. The van der Waals surface area contributed by atoms with E-state index in [2.05, 4.69) is 0 Å². The van der Waals surface area contributed by atoms with E-state index >= 15 is 0 Å². The molecule has 0 N–H and O–H groups in total. The molecule has 0 aliphatic heterocycles. The smallest absolute Gasteiger partial charge is 0.114 e. The van der Waals surface area contributed by atoms with Crippen molar-refractivity contribution in [2.45, 2.75) is 35.6 Å². The van der Waals surface area contributed by atoms with Gasteiger partial charge in [-0.05, 0) is 19.3 Å². The minimum atomic E-state index is -0.803. The number of halogens is 4. The summed E-state index contributed by atoms with van der Waals surface area (Å²) in [5.74, 6) is 0.136. The molecule has 2 rings (SSSR count). The Hall–Kier alpha value is 0.860. The van der Waals surface area contributed by atoms with Crippen molar-refractivity contribution in [1.82, 2.24) is 0 Å². The van der Waals surface area contributed by atoms with Crippen LogP contribution in [0.3, 0.4) is 0 Å². The first-order valence-electron chi connectivity index (χ1n) is 4.75. The molecule has 2 aliphatic carbocycles. The van der Waals surface area contributed by atoms with Crippen LogP contribution >= 0.6 is 46.4 Å². The van der Waals surface area contributed by atoms with Crippen molar-refractivity contribution in [1.29, 1.82) is 0 Å². The van der Waals surface area contributed by atoms with Gasteiger partial charge in [0.2, 0.25) is 0 Å². The second-order valence-electron chi connectivity index (χ2n) is 4.48. The molecule has 1 nitrogen and oxygen atoms in total. The quantitative estimate of drug-likeness (QED) is 0.661. The summed E-state index contributed by atoms with van der Waals surface area (Å²) in [6.45, 7) is 3.88. The summed E-state index contributed by atoms with van der Waals surface area (Å²) in [7, 11) is 1.59. The summed E-state index contributed by atoms with van der Waals surface area (Å²) in [6, 6.07) is 0. The van der Waals surface area contributed by atoms with Gasteiger partial charge in [0, 0.05) is 7.11 Å². The number of methoxy groups -OCH3 is 1. The summed E-state index contributed by atoms with van der Waals surface area (Å²) < 4.78 is 5.53. The highest BCUT2D eigenvalue weighted by Gasteiger charge is 2.76. The molecule has 15 heavy (non-hydrogen) atoms. The zero-order valence-corrected chi connectivity index (χ0v) is 11.7. The average Bonchev–Trinajstić information content (AvgIpc) is 2.42. The van der Waals surface area contributed by atoms with Crippen molar-refractivity contribution in [3.63, 3.8) is 0 Å². The first kappa shape index (κ1) is 12.3. The number of rotatable bonds is 1. The van der Waals surface area contributed by atoms with Gasteiger partial charge in [-0.15, -0.1) is 23.2 Å². The maximum atomic E-state index is 6.61. The lowest BCUT2D eigenvalue weighted by atomic mass is 9.88. The van der Waals surface area contributed by atoms with Gasteiger partial charge in [-0.25, -0.2) is 0 Å². The zero-order chi connectivity index (χ0) is 11.6. The molecule has 0 aromatic heterocycles. The molecule has 0 aromatic rings. The SMILES string of the molecule is COC1(C)C2(Cl)CC(C)C1(Cl)C(Cl)=C2Cl. The fraction of sp³-hybridized carbons (Fsp3) is 0.800. The van der Waals surface area contributed by atoms with Crippen LogP contribution in [-0.2, 0) is 4.74 Å². The predicted molar refractivity (Wildman–Crippen MR) is 65.1 cm³/mol. The average molecular weight is 290 g/mol. The third-order valence-corrected chi connectivity index (χ3v) is 6.90. The molecule has 0 aromatic carbocycles. The molecule has 0 radical (unpaired) electrons. The van der Waals surface area contributed by atoms with Gasteiger partial charge in [0.25, 0.3) is 0 Å². The van der Waals surface area contributed by atoms with Crippen LogP contribution in [0.15, 0.2) is 10.1 Å². The molecule has 2 bridgehead atoms. The summed E-state index contributed by atoms with van der Waals surface area (Å²) in [5.41, 5.74) is -0.753. The van der Waals surface area contributed by atoms with E-state index in [9.17, 15) is 0 Å². The highest BCUT2D eigenvalue weighted by molar-refractivity contribution is 6.52. The molecule has 86 valence electrons. The normalized spacial score (nSPS) is 54.2. The third kappa shape index (κ3) is 1.03. The number of alkyl halides is 2. The van der Waals surface area contributed by atoms with Crippen LogP contribution in [0.4, 0.5) is 0 Å². The van der Waals surface area contributed by atoms with Crippen molar-refractivity contribution in [2.75, 3.05) is 7.11 Å². The first-order valence-corrected chi connectivity index (χ1v) is 6.26. The lowest BCUT2D eigenvalue weighted by Gasteiger charge is -2.39. The Labute approximate surface area is 110 Å². The standard InChI is InChI=1S/C10H12Cl4O/c1-5-4-9(13)6(11)7(12)10(5,14)8(9,2)15-3/h5H,4H2,1-3H3. The van der Waals surface area contributed by atoms with E-state index in [0.29, 0.717) is 16.5 Å². The Bertz CT molecular complexity index is 355. The molecule has 5 heteroatoms. The van der Waals surface area contributed by atoms with E-state index in [4.69, 9.17) is 51.1 Å². The van der Waals surface area contributed by atoms with E-state index in [-0.39, 0.29) is 5.92 Å². The van der Waals surface area contributed by atoms with Gasteiger partial charge < -0.3 is 4.74 Å². The lowest BCUT2D eigenvalue weighted by molar-refractivity contribution is -0.0127. The Balaban J connectivity index is 2.69. The second kappa shape index (κ2) is 3.20. The van der Waals surface area contributed by atoms with Crippen LogP contribution in [0.5, 0.6) is 0 Å². The first-order chi connectivity index (χ1) is 6.75. The summed E-state index contributed by atoms with van der Waals surface area (Å²) in [4.78, 5) is -1.59. The maximum absolute atomic E-state index is 6.61. The largest absolute Gasteiger partial charge is 0.374 e. The van der Waals surface area contributed by atoms with Crippen molar-refractivity contribution in [2.24, 2.45) is 5.92 Å². The third-order valence-electron chi connectivity index (χ3n) is 3.99. The molecule has 2 aliphatic rings. The van der Waals surface area contributed by atoms with Gasteiger partial charge in [0.15, 0.2) is 0 Å². The van der Waals surface area contributed by atoms with Crippen molar-refractivity contribution < 1.29 is 4.74 Å². The molecule has 0 heterocycles. The topological polar surface area (TPSA) is 9.23 Å². The molecule has 0 spiro atoms. The second-order valence-corrected chi connectivity index (χ2v) is 6.48. The Morgan fingerprint density at radius 1 is 1.27 bits per heavy atom. The molecule has 1 saturated carbocycles. The molecule has 0 saturated heterocycles. The minimum Gasteiger partial charge on any atom is -0.374 e. The van der Waals surface area contributed by atoms with Crippen LogP contribution < -0.4 is 0 Å². The van der Waals surface area contributed by atoms with Gasteiger partial charge in [0.1, 0.15) is 15.3 Å². The van der Waals surface area contributed by atoms with Gasteiger partial charge >= 0.3 is 0 Å². The molecular weight excluding hydrogens is 278 g/mol. The van der Waals surface area contributed by atoms with Crippen LogP contribution in [0, 0.1) is 5.92 Å². The summed E-state index contributed by atoms with van der Waals surface area (Å²) in [5, 5.41) is 0.868. The fourth-order valence-corrected chi connectivity index (χ4v) is 4.93. The highest BCUT2D eigenvalue weighted by Crippen LogP contribution is 2.71. The van der Waals surface area contributed by atoms with Crippen LogP contribution in [0.2, 0.25) is 0 Å². The zero-order valence-electron chi connectivity index (χ0n) is 8.70. The Morgan fingerprint density at radius 2 is 1.80 bits per heavy atom. The van der Waals surface area contributed by atoms with E-state index in [1.807, 2.05) is 13.8 Å². The van der Waals surface area contributed by atoms with Gasteiger partial charge in [-0.3, -0.25) is 0 Å². The molecule has 1 fully saturated rings. The van der Waals surface area contributed by atoms with E-state index in [1.54, 1.807) is 7.11 Å². The van der Waals surface area contributed by atoms with Crippen LogP contribution in [0.25, 0.3) is 0 Å². The predicted octanol–water partition coefficient (Wildman–Crippen LogP) is 4.09. The van der Waals surface area contributed by atoms with E-state index in [1.165, 1.54) is 0 Å². The monoisotopic (exact) mass is 288 g/mol. The summed E-state index contributed by atoms with van der Waals surface area (Å²) in [6.07, 6.45) is 0.678.